The monoisotopic (exact) mass is 973 g/mol. The number of hydrogen-bond donors (Lipinski definition) is 5. The van der Waals surface area contributed by atoms with Crippen molar-refractivity contribution in [3.8, 4) is 0 Å². The molecule has 8 atom stereocenters. The highest BCUT2D eigenvalue weighted by atomic mass is 16.6. The van der Waals surface area contributed by atoms with Crippen LogP contribution in [-0.4, -0.2) is 129 Å². The van der Waals surface area contributed by atoms with E-state index in [0.29, 0.717) is 37.8 Å². The Labute approximate surface area is 411 Å². The number of alkyl carbamates (subject to hydrolysis) is 2. The number of ether oxygens (including phenoxy) is 3. The van der Waals surface area contributed by atoms with Gasteiger partial charge in [-0.25, -0.2) is 14.4 Å². The molecule has 6 amide bonds. The predicted octanol–water partition coefficient (Wildman–Crippen LogP) is 5.94. The third kappa shape index (κ3) is 11.8. The highest BCUT2D eigenvalue weighted by Gasteiger charge is 2.71. The third-order valence-corrected chi connectivity index (χ3v) is 15.7. The SMILES string of the molecule is CC1CC(CO)(NC(=O)[C@@H]2[C@@H]3[C@H](CN2C(=O)[C@@H](NC(=O)OC(C)(C)C)C(C)(C)C)C3(C)C)C1.CCOC(=O)C1(NC(=O)[C@@H]2[C@@H]3[C@H](CN2C(=O)[C@@H](NC(=O)OC(C)(C)C)C(C)(C)C)C3(C)C)CC(C)C1. The largest absolute Gasteiger partial charge is 0.464 e. The molecule has 4 aliphatic carbocycles. The summed E-state index contributed by atoms with van der Waals surface area (Å²) in [5.74, 6) is -0.311. The molecule has 6 aliphatic rings. The predicted molar refractivity (Wildman–Crippen MR) is 260 cm³/mol. The van der Waals surface area contributed by atoms with Crippen molar-refractivity contribution < 1.29 is 52.9 Å². The number of carbonyl (C=O) groups excluding carboxylic acids is 7. The van der Waals surface area contributed by atoms with Crippen molar-refractivity contribution in [3.63, 3.8) is 0 Å². The molecular formula is C52H88N6O11. The van der Waals surface area contributed by atoms with Crippen molar-refractivity contribution in [2.75, 3.05) is 26.3 Å². The third-order valence-electron chi connectivity index (χ3n) is 15.7. The molecule has 0 aromatic rings. The second kappa shape index (κ2) is 18.8. The number of nitrogens with zero attached hydrogens (tertiary/aromatic N) is 2. The Morgan fingerprint density at radius 2 is 0.971 bits per heavy atom. The van der Waals surface area contributed by atoms with Crippen LogP contribution in [0.5, 0.6) is 0 Å². The van der Waals surface area contributed by atoms with Gasteiger partial charge in [0.2, 0.25) is 23.6 Å². The van der Waals surface area contributed by atoms with Crippen LogP contribution < -0.4 is 21.3 Å². The fraction of sp³-hybridized carbons (Fsp3) is 0.865. The molecule has 392 valence electrons. The van der Waals surface area contributed by atoms with Crippen molar-refractivity contribution in [1.82, 2.24) is 31.1 Å². The Morgan fingerprint density at radius 3 is 1.28 bits per heavy atom. The second-order valence-electron chi connectivity index (χ2n) is 26.9. The number of carbonyl (C=O) groups is 7. The van der Waals surface area contributed by atoms with Gasteiger partial charge in [-0.1, -0.05) is 83.1 Å². The van der Waals surface area contributed by atoms with E-state index >= 15 is 0 Å². The molecule has 17 heteroatoms. The van der Waals surface area contributed by atoms with E-state index in [0.717, 1.165) is 12.8 Å². The summed E-state index contributed by atoms with van der Waals surface area (Å²) in [6, 6.07) is -3.04. The highest BCUT2D eigenvalue weighted by Crippen LogP contribution is 2.66. The van der Waals surface area contributed by atoms with Crippen molar-refractivity contribution in [2.45, 2.75) is 204 Å². The van der Waals surface area contributed by atoms with Crippen LogP contribution in [0.3, 0.4) is 0 Å². The van der Waals surface area contributed by atoms with Gasteiger partial charge in [-0.05, 0) is 131 Å². The molecule has 0 radical (unpaired) electrons. The Bertz CT molecular complexity index is 1990. The topological polar surface area (TPSA) is 222 Å². The van der Waals surface area contributed by atoms with Gasteiger partial charge in [0.05, 0.1) is 18.8 Å². The summed E-state index contributed by atoms with van der Waals surface area (Å²) in [7, 11) is 0. The first-order chi connectivity index (χ1) is 31.3. The summed E-state index contributed by atoms with van der Waals surface area (Å²) in [6.07, 6.45) is 1.17. The van der Waals surface area contributed by atoms with Gasteiger partial charge in [0, 0.05) is 13.1 Å². The average Bonchev–Trinajstić information content (AvgIpc) is 3.62. The number of rotatable bonds is 11. The van der Waals surface area contributed by atoms with Crippen LogP contribution in [0, 0.1) is 57.2 Å². The van der Waals surface area contributed by atoms with E-state index in [4.69, 9.17) is 14.2 Å². The van der Waals surface area contributed by atoms with E-state index in [-0.39, 0.29) is 71.3 Å². The van der Waals surface area contributed by atoms with Crippen molar-refractivity contribution >= 4 is 41.8 Å². The maximum atomic E-state index is 13.9. The van der Waals surface area contributed by atoms with E-state index in [9.17, 15) is 38.7 Å². The van der Waals surface area contributed by atoms with Crippen molar-refractivity contribution in [1.29, 1.82) is 0 Å². The van der Waals surface area contributed by atoms with Crippen molar-refractivity contribution in [3.05, 3.63) is 0 Å². The molecule has 6 rings (SSSR count). The molecule has 5 N–H and O–H groups in total. The lowest BCUT2D eigenvalue weighted by Gasteiger charge is -2.47. The average molecular weight is 973 g/mol. The summed E-state index contributed by atoms with van der Waals surface area (Å²) in [6.45, 7) is 37.3. The number of aliphatic hydroxyl groups excluding tert-OH is 1. The first kappa shape index (κ1) is 55.8. The molecule has 0 unspecified atom stereocenters. The summed E-state index contributed by atoms with van der Waals surface area (Å²) in [5, 5.41) is 21.5. The van der Waals surface area contributed by atoms with Gasteiger partial charge in [0.15, 0.2) is 0 Å². The van der Waals surface area contributed by atoms with Crippen LogP contribution in [0.15, 0.2) is 0 Å². The summed E-state index contributed by atoms with van der Waals surface area (Å²) in [5.41, 5.74) is -4.34. The number of esters is 1. The number of aliphatic hydroxyl groups is 1. The maximum absolute atomic E-state index is 13.9. The lowest BCUT2D eigenvalue weighted by Crippen LogP contribution is -2.66. The molecule has 0 aromatic heterocycles. The first-order valence-corrected chi connectivity index (χ1v) is 25.3. The molecule has 0 bridgehead atoms. The van der Waals surface area contributed by atoms with Crippen LogP contribution in [-0.2, 0) is 38.2 Å². The molecule has 69 heavy (non-hydrogen) atoms. The van der Waals surface area contributed by atoms with Gasteiger partial charge in [-0.2, -0.15) is 0 Å². The number of piperidine rings is 2. The van der Waals surface area contributed by atoms with Crippen LogP contribution in [0.2, 0.25) is 0 Å². The van der Waals surface area contributed by atoms with Gasteiger partial charge in [0.1, 0.15) is 40.9 Å². The molecule has 2 saturated heterocycles. The molecule has 0 spiro atoms. The maximum Gasteiger partial charge on any atom is 0.408 e. The zero-order valence-electron chi connectivity index (χ0n) is 45.4. The number of fused-ring (bicyclic) bond motifs is 2. The van der Waals surface area contributed by atoms with E-state index in [1.54, 1.807) is 58.3 Å². The minimum Gasteiger partial charge on any atom is -0.464 e. The van der Waals surface area contributed by atoms with Gasteiger partial charge < -0.3 is 50.4 Å². The van der Waals surface area contributed by atoms with E-state index < -0.39 is 75.4 Å². The van der Waals surface area contributed by atoms with Crippen LogP contribution >= 0.6 is 0 Å². The normalized spacial score (nSPS) is 32.4. The van der Waals surface area contributed by atoms with E-state index in [1.165, 1.54) is 0 Å². The minimum absolute atomic E-state index is 0.0136. The Kier molecular flexibility index (Phi) is 15.2. The van der Waals surface area contributed by atoms with E-state index in [1.807, 2.05) is 48.5 Å². The van der Waals surface area contributed by atoms with Gasteiger partial charge in [-0.15, -0.1) is 0 Å². The molecule has 17 nitrogen and oxygen atoms in total. The molecule has 6 fully saturated rings. The number of likely N-dealkylation sites (tertiary alicyclic amines) is 2. The quantitative estimate of drug-likeness (QED) is 0.120. The highest BCUT2D eigenvalue weighted by molar-refractivity contribution is 5.97. The fourth-order valence-corrected chi connectivity index (χ4v) is 12.0. The number of hydrogen-bond acceptors (Lipinski definition) is 11. The lowest BCUT2D eigenvalue weighted by atomic mass is 9.69. The minimum atomic E-state index is -1.05. The zero-order chi connectivity index (χ0) is 52.6. The standard InChI is InChI=1S/C27H45N3O6.C25H43N3O5/c1-11-35-22(33)27(12-15(2)13-27)29-20(31)18-17-16(26(17,9)10)14-30(18)21(32)19(24(3,4)5)28-23(34)36-25(6,7)8;1-14-10-25(11-14,13-29)27-19(30)17-16-15(24(16,8)9)12-28(17)20(31)18(22(2,3)4)26-21(32)33-23(5,6)7/h15-19H,11-14H2,1-10H3,(H,28,34)(H,29,31);14-18,29H,10-13H2,1-9H3,(H,26,32)(H,27,30)/t15?,16-,17-,18-,19+,27?;14?,15-,16-,17-,18+,25?/m00/s1. The first-order valence-electron chi connectivity index (χ1n) is 25.3. The fourth-order valence-electron chi connectivity index (χ4n) is 12.0. The Morgan fingerprint density at radius 1 is 0.609 bits per heavy atom. The molecule has 2 heterocycles. The van der Waals surface area contributed by atoms with Crippen LogP contribution in [0.4, 0.5) is 9.59 Å². The Hall–Kier alpha value is -4.15. The zero-order valence-corrected chi connectivity index (χ0v) is 45.4. The van der Waals surface area contributed by atoms with Crippen LogP contribution in [0.1, 0.15) is 157 Å². The molecule has 2 aliphatic heterocycles. The number of amides is 6. The lowest BCUT2D eigenvalue weighted by molar-refractivity contribution is -0.161. The molecule has 4 saturated carbocycles. The second-order valence-corrected chi connectivity index (χ2v) is 26.9. The van der Waals surface area contributed by atoms with Gasteiger partial charge in [-0.3, -0.25) is 19.2 Å². The van der Waals surface area contributed by atoms with Gasteiger partial charge in [0.25, 0.3) is 0 Å². The molecular weight excluding hydrogens is 885 g/mol. The molecule has 0 aromatic carbocycles. The van der Waals surface area contributed by atoms with Crippen LogP contribution in [0.25, 0.3) is 0 Å². The summed E-state index contributed by atoms with van der Waals surface area (Å²) in [4.78, 5) is 96.1. The van der Waals surface area contributed by atoms with E-state index in [2.05, 4.69) is 55.9 Å². The summed E-state index contributed by atoms with van der Waals surface area (Å²) >= 11 is 0. The van der Waals surface area contributed by atoms with Gasteiger partial charge >= 0.3 is 18.2 Å². The number of nitrogens with one attached hydrogen (secondary N) is 4. The smallest absolute Gasteiger partial charge is 0.408 e. The Balaban J connectivity index is 0.000000258. The van der Waals surface area contributed by atoms with Crippen molar-refractivity contribution in [2.24, 2.45) is 57.2 Å². The summed E-state index contributed by atoms with van der Waals surface area (Å²) < 4.78 is 16.1.